The van der Waals surface area contributed by atoms with Crippen molar-refractivity contribution in [3.8, 4) is 0 Å². The molecule has 0 radical (unpaired) electrons. The van der Waals surface area contributed by atoms with Gasteiger partial charge in [0.15, 0.2) is 5.96 Å². The van der Waals surface area contributed by atoms with Gasteiger partial charge in [-0.1, -0.05) is 0 Å². The first-order valence-electron chi connectivity index (χ1n) is 9.96. The Labute approximate surface area is 163 Å². The second kappa shape index (κ2) is 10.7. The average Bonchev–Trinajstić information content (AvgIpc) is 3.07. The fraction of sp³-hybridized carbons (Fsp3) is 0.778. The van der Waals surface area contributed by atoms with Crippen LogP contribution in [0.25, 0.3) is 0 Å². The van der Waals surface area contributed by atoms with Crippen molar-refractivity contribution in [2.45, 2.75) is 59.0 Å². The molecule has 1 saturated heterocycles. The summed E-state index contributed by atoms with van der Waals surface area (Å²) >= 11 is 0. The number of guanidine groups is 1. The number of piperidine rings is 1. The van der Waals surface area contributed by atoms with Crippen LogP contribution in [0.3, 0.4) is 0 Å². The average molecular weight is 399 g/mol. The largest absolute Gasteiger partial charge is 0.357 e. The SMILES string of the molecule is CCNC(=NCCCCn1ccnc1C)NC1CCN(S(=O)(=O)CC)CC1. The number of aryl methyl sites for hydroxylation is 2. The molecule has 0 aliphatic carbocycles. The van der Waals surface area contributed by atoms with Crippen LogP contribution in [0.2, 0.25) is 0 Å². The first-order valence-corrected chi connectivity index (χ1v) is 11.6. The molecule has 0 atom stereocenters. The zero-order valence-corrected chi connectivity index (χ0v) is 17.6. The van der Waals surface area contributed by atoms with Gasteiger partial charge in [0, 0.05) is 51.2 Å². The van der Waals surface area contributed by atoms with Crippen molar-refractivity contribution < 1.29 is 8.42 Å². The number of rotatable bonds is 9. The van der Waals surface area contributed by atoms with Gasteiger partial charge in [-0.05, 0) is 46.5 Å². The van der Waals surface area contributed by atoms with E-state index in [1.165, 1.54) is 0 Å². The lowest BCUT2D eigenvalue weighted by atomic mass is 10.1. The van der Waals surface area contributed by atoms with Crippen LogP contribution in [0.15, 0.2) is 17.4 Å². The molecule has 1 aliphatic heterocycles. The van der Waals surface area contributed by atoms with E-state index in [0.29, 0.717) is 13.1 Å². The highest BCUT2D eigenvalue weighted by molar-refractivity contribution is 7.89. The van der Waals surface area contributed by atoms with Crippen LogP contribution in [0.5, 0.6) is 0 Å². The Morgan fingerprint density at radius 2 is 2.04 bits per heavy atom. The summed E-state index contributed by atoms with van der Waals surface area (Å²) in [6.45, 7) is 9.47. The van der Waals surface area contributed by atoms with E-state index < -0.39 is 10.0 Å². The van der Waals surface area contributed by atoms with Crippen molar-refractivity contribution >= 4 is 16.0 Å². The summed E-state index contributed by atoms with van der Waals surface area (Å²) in [4.78, 5) is 8.90. The Hall–Kier alpha value is -1.61. The Kier molecular flexibility index (Phi) is 8.56. The molecule has 0 spiro atoms. The number of unbranched alkanes of at least 4 members (excludes halogenated alkanes) is 1. The number of nitrogens with one attached hydrogen (secondary N) is 2. The molecule has 2 heterocycles. The van der Waals surface area contributed by atoms with Crippen molar-refractivity contribution in [3.63, 3.8) is 0 Å². The molecule has 1 aromatic rings. The van der Waals surface area contributed by atoms with Crippen LogP contribution >= 0.6 is 0 Å². The zero-order chi connectivity index (χ0) is 19.7. The molecule has 8 nitrogen and oxygen atoms in total. The first-order chi connectivity index (χ1) is 13.0. The van der Waals surface area contributed by atoms with E-state index >= 15 is 0 Å². The number of aromatic nitrogens is 2. The normalized spacial score (nSPS) is 17.2. The maximum Gasteiger partial charge on any atom is 0.213 e. The minimum absolute atomic E-state index is 0.174. The van der Waals surface area contributed by atoms with E-state index in [-0.39, 0.29) is 11.8 Å². The number of imidazole rings is 1. The summed E-state index contributed by atoms with van der Waals surface area (Å²) in [6, 6.07) is 0.264. The van der Waals surface area contributed by atoms with Gasteiger partial charge in [-0.2, -0.15) is 0 Å². The molecule has 1 aromatic heterocycles. The maximum absolute atomic E-state index is 12.0. The fourth-order valence-corrected chi connectivity index (χ4v) is 4.33. The van der Waals surface area contributed by atoms with Gasteiger partial charge < -0.3 is 15.2 Å². The molecule has 9 heteroatoms. The van der Waals surface area contributed by atoms with Gasteiger partial charge in [0.2, 0.25) is 10.0 Å². The van der Waals surface area contributed by atoms with Crippen molar-refractivity contribution in [1.82, 2.24) is 24.5 Å². The Morgan fingerprint density at radius 3 is 2.63 bits per heavy atom. The molecule has 0 amide bonds. The molecule has 0 aromatic carbocycles. The Bertz CT molecular complexity index is 692. The number of nitrogens with zero attached hydrogens (tertiary/aromatic N) is 4. The van der Waals surface area contributed by atoms with Crippen LogP contribution in [0.4, 0.5) is 0 Å². The van der Waals surface area contributed by atoms with E-state index in [1.54, 1.807) is 11.2 Å². The van der Waals surface area contributed by atoms with Crippen LogP contribution in [-0.4, -0.2) is 66.2 Å². The lowest BCUT2D eigenvalue weighted by Gasteiger charge is -2.32. The van der Waals surface area contributed by atoms with E-state index in [4.69, 9.17) is 0 Å². The molecular formula is C18H34N6O2S. The van der Waals surface area contributed by atoms with Gasteiger partial charge in [-0.3, -0.25) is 4.99 Å². The molecule has 2 N–H and O–H groups in total. The summed E-state index contributed by atoms with van der Waals surface area (Å²) in [7, 11) is -3.07. The monoisotopic (exact) mass is 398 g/mol. The van der Waals surface area contributed by atoms with E-state index in [0.717, 1.165) is 57.1 Å². The van der Waals surface area contributed by atoms with Gasteiger partial charge in [0.05, 0.1) is 5.75 Å². The summed E-state index contributed by atoms with van der Waals surface area (Å²) in [6.07, 6.45) is 7.54. The molecule has 154 valence electrons. The van der Waals surface area contributed by atoms with Crippen molar-refractivity contribution in [1.29, 1.82) is 0 Å². The predicted molar refractivity (Wildman–Crippen MR) is 109 cm³/mol. The number of aliphatic imine (C=N–C) groups is 1. The van der Waals surface area contributed by atoms with Gasteiger partial charge >= 0.3 is 0 Å². The van der Waals surface area contributed by atoms with E-state index in [9.17, 15) is 8.42 Å². The third kappa shape index (κ3) is 6.80. The van der Waals surface area contributed by atoms with Crippen molar-refractivity contribution in [2.24, 2.45) is 4.99 Å². The third-order valence-corrected chi connectivity index (χ3v) is 6.78. The first kappa shape index (κ1) is 21.7. The van der Waals surface area contributed by atoms with Crippen LogP contribution in [-0.2, 0) is 16.6 Å². The van der Waals surface area contributed by atoms with Crippen LogP contribution in [0, 0.1) is 6.92 Å². The highest BCUT2D eigenvalue weighted by Gasteiger charge is 2.26. The predicted octanol–water partition coefficient (Wildman–Crippen LogP) is 1.34. The minimum Gasteiger partial charge on any atom is -0.357 e. The molecular weight excluding hydrogens is 364 g/mol. The Morgan fingerprint density at radius 1 is 1.30 bits per heavy atom. The highest BCUT2D eigenvalue weighted by Crippen LogP contribution is 2.14. The zero-order valence-electron chi connectivity index (χ0n) is 16.8. The standard InChI is InChI=1S/C18H34N6O2S/c1-4-19-18(21-10-6-7-12-23-15-11-20-16(23)3)22-17-8-13-24(14-9-17)27(25,26)5-2/h11,15,17H,4-10,12-14H2,1-3H3,(H2,19,21,22). The molecule has 1 aliphatic rings. The van der Waals surface area contributed by atoms with Gasteiger partial charge in [-0.15, -0.1) is 0 Å². The summed E-state index contributed by atoms with van der Waals surface area (Å²) < 4.78 is 27.7. The molecule has 0 saturated carbocycles. The molecule has 1 fully saturated rings. The van der Waals surface area contributed by atoms with Gasteiger partial charge in [0.25, 0.3) is 0 Å². The molecule has 27 heavy (non-hydrogen) atoms. The maximum atomic E-state index is 12.0. The topological polar surface area (TPSA) is 91.6 Å². The smallest absolute Gasteiger partial charge is 0.213 e. The highest BCUT2D eigenvalue weighted by atomic mass is 32.2. The van der Waals surface area contributed by atoms with Crippen molar-refractivity contribution in [2.75, 3.05) is 31.9 Å². The van der Waals surface area contributed by atoms with Gasteiger partial charge in [-0.25, -0.2) is 17.7 Å². The number of hydrogen-bond donors (Lipinski definition) is 2. The van der Waals surface area contributed by atoms with Crippen molar-refractivity contribution in [3.05, 3.63) is 18.2 Å². The lowest BCUT2D eigenvalue weighted by Crippen LogP contribution is -2.50. The summed E-state index contributed by atoms with van der Waals surface area (Å²) in [5, 5.41) is 6.75. The molecule has 0 bridgehead atoms. The molecule has 0 unspecified atom stereocenters. The molecule has 2 rings (SSSR count). The number of sulfonamides is 1. The second-order valence-corrected chi connectivity index (χ2v) is 9.11. The van der Waals surface area contributed by atoms with E-state index in [2.05, 4.69) is 32.1 Å². The summed E-state index contributed by atoms with van der Waals surface area (Å²) in [5.41, 5.74) is 0. The Balaban J connectivity index is 1.74. The van der Waals surface area contributed by atoms with Gasteiger partial charge in [0.1, 0.15) is 5.82 Å². The van der Waals surface area contributed by atoms with E-state index in [1.807, 2.05) is 19.3 Å². The lowest BCUT2D eigenvalue weighted by molar-refractivity contribution is 0.306. The fourth-order valence-electron chi connectivity index (χ4n) is 3.20. The minimum atomic E-state index is -3.07. The van der Waals surface area contributed by atoms with Crippen LogP contribution < -0.4 is 10.6 Å². The quantitative estimate of drug-likeness (QED) is 0.372. The second-order valence-electron chi connectivity index (χ2n) is 6.85. The number of hydrogen-bond acceptors (Lipinski definition) is 4. The third-order valence-electron chi connectivity index (χ3n) is 4.90. The summed E-state index contributed by atoms with van der Waals surface area (Å²) in [5.74, 6) is 2.05. The van der Waals surface area contributed by atoms with Crippen LogP contribution in [0.1, 0.15) is 45.4 Å².